The van der Waals surface area contributed by atoms with Gasteiger partial charge in [0.05, 0.1) is 0 Å². The number of cyclic esters (lactones) is 2. The number of aryl methyl sites for hydroxylation is 2. The van der Waals surface area contributed by atoms with Crippen LogP contribution < -0.4 is 4.90 Å². The van der Waals surface area contributed by atoms with Gasteiger partial charge in [0.1, 0.15) is 13.1 Å². The lowest BCUT2D eigenvalue weighted by atomic mass is 10.1. The Kier molecular flexibility index (Phi) is 3.19. The number of benzene rings is 1. The van der Waals surface area contributed by atoms with E-state index < -0.39 is 11.9 Å². The van der Waals surface area contributed by atoms with Crippen LogP contribution >= 0.6 is 15.9 Å². The van der Waals surface area contributed by atoms with E-state index in [0.29, 0.717) is 0 Å². The summed E-state index contributed by atoms with van der Waals surface area (Å²) in [4.78, 5) is 24.1. The van der Waals surface area contributed by atoms with E-state index in [1.54, 1.807) is 4.90 Å². The van der Waals surface area contributed by atoms with Crippen LogP contribution in [0.5, 0.6) is 0 Å². The molecular formula is C12H12BrNO3. The first-order valence-corrected chi connectivity index (χ1v) is 6.02. The number of hydrogen-bond acceptors (Lipinski definition) is 4. The van der Waals surface area contributed by atoms with Crippen molar-refractivity contribution in [1.29, 1.82) is 0 Å². The minimum Gasteiger partial charge on any atom is -0.390 e. The summed E-state index contributed by atoms with van der Waals surface area (Å²) in [6.07, 6.45) is 0. The Balaban J connectivity index is 2.34. The number of rotatable bonds is 1. The van der Waals surface area contributed by atoms with Crippen molar-refractivity contribution in [3.63, 3.8) is 0 Å². The van der Waals surface area contributed by atoms with Crippen molar-refractivity contribution in [3.05, 3.63) is 27.7 Å². The van der Waals surface area contributed by atoms with Gasteiger partial charge in [-0.25, -0.2) is 9.59 Å². The van der Waals surface area contributed by atoms with Crippen molar-refractivity contribution < 1.29 is 14.3 Å². The Hall–Kier alpha value is -1.36. The normalized spacial score (nSPS) is 16.1. The fraction of sp³-hybridized carbons (Fsp3) is 0.333. The Morgan fingerprint density at radius 2 is 1.59 bits per heavy atom. The van der Waals surface area contributed by atoms with Crippen molar-refractivity contribution in [1.82, 2.24) is 0 Å². The molecule has 0 atom stereocenters. The second kappa shape index (κ2) is 4.49. The van der Waals surface area contributed by atoms with Crippen LogP contribution in [-0.2, 0) is 14.3 Å². The van der Waals surface area contributed by atoms with Crippen molar-refractivity contribution in [3.8, 4) is 0 Å². The maximum Gasteiger partial charge on any atom is 0.333 e. The summed E-state index contributed by atoms with van der Waals surface area (Å²) in [5.41, 5.74) is 3.02. The molecule has 0 saturated carbocycles. The minimum atomic E-state index is -0.500. The lowest BCUT2D eigenvalue weighted by Crippen LogP contribution is -2.43. The highest BCUT2D eigenvalue weighted by atomic mass is 79.9. The third-order valence-corrected chi connectivity index (χ3v) is 3.90. The first-order chi connectivity index (χ1) is 7.97. The Morgan fingerprint density at radius 3 is 2.06 bits per heavy atom. The van der Waals surface area contributed by atoms with Crippen LogP contribution in [0.25, 0.3) is 0 Å². The molecule has 1 saturated heterocycles. The summed E-state index contributed by atoms with van der Waals surface area (Å²) in [6, 6.07) is 3.89. The molecule has 2 rings (SSSR count). The zero-order valence-electron chi connectivity index (χ0n) is 9.62. The molecule has 90 valence electrons. The highest BCUT2D eigenvalue weighted by molar-refractivity contribution is 9.10. The quantitative estimate of drug-likeness (QED) is 0.587. The Morgan fingerprint density at radius 1 is 1.12 bits per heavy atom. The number of carbonyl (C=O) groups excluding carboxylic acids is 2. The molecule has 17 heavy (non-hydrogen) atoms. The number of hydrogen-bond donors (Lipinski definition) is 0. The van der Waals surface area contributed by atoms with Gasteiger partial charge < -0.3 is 9.64 Å². The average molecular weight is 298 g/mol. The molecule has 1 aliphatic heterocycles. The number of morpholine rings is 1. The molecule has 1 aromatic rings. The van der Waals surface area contributed by atoms with Crippen molar-refractivity contribution in [2.24, 2.45) is 0 Å². The summed E-state index contributed by atoms with van der Waals surface area (Å²) >= 11 is 3.48. The van der Waals surface area contributed by atoms with Crippen LogP contribution in [0.4, 0.5) is 5.69 Å². The highest BCUT2D eigenvalue weighted by Gasteiger charge is 2.25. The van der Waals surface area contributed by atoms with Crippen molar-refractivity contribution in [2.75, 3.05) is 18.0 Å². The molecule has 1 heterocycles. The molecule has 1 fully saturated rings. The van der Waals surface area contributed by atoms with Gasteiger partial charge in [-0.15, -0.1) is 0 Å². The van der Waals surface area contributed by atoms with E-state index in [2.05, 4.69) is 20.7 Å². The molecule has 5 heteroatoms. The van der Waals surface area contributed by atoms with Gasteiger partial charge in [-0.2, -0.15) is 0 Å². The van der Waals surface area contributed by atoms with Crippen LogP contribution in [0.15, 0.2) is 16.6 Å². The van der Waals surface area contributed by atoms with E-state index in [9.17, 15) is 9.59 Å². The third kappa shape index (κ3) is 2.49. The van der Waals surface area contributed by atoms with Crippen molar-refractivity contribution in [2.45, 2.75) is 13.8 Å². The third-order valence-electron chi connectivity index (χ3n) is 2.65. The van der Waals surface area contributed by atoms with Crippen LogP contribution in [0.2, 0.25) is 0 Å². The van der Waals surface area contributed by atoms with E-state index in [1.165, 1.54) is 0 Å². The second-order valence-corrected chi connectivity index (χ2v) is 4.89. The molecular weight excluding hydrogens is 286 g/mol. The Bertz CT molecular complexity index is 460. The maximum absolute atomic E-state index is 11.2. The summed E-state index contributed by atoms with van der Waals surface area (Å²) in [7, 11) is 0. The predicted molar refractivity (Wildman–Crippen MR) is 66.9 cm³/mol. The molecule has 0 aromatic heterocycles. The van der Waals surface area contributed by atoms with Crippen LogP contribution in [-0.4, -0.2) is 25.0 Å². The smallest absolute Gasteiger partial charge is 0.333 e. The summed E-state index contributed by atoms with van der Waals surface area (Å²) in [5.74, 6) is -1.00. The van der Waals surface area contributed by atoms with Gasteiger partial charge in [0, 0.05) is 10.2 Å². The predicted octanol–water partition coefficient (Wildman–Crippen LogP) is 1.96. The van der Waals surface area contributed by atoms with E-state index >= 15 is 0 Å². The molecule has 0 bridgehead atoms. The lowest BCUT2D eigenvalue weighted by molar-refractivity contribution is -0.160. The molecule has 1 aromatic carbocycles. The van der Waals surface area contributed by atoms with E-state index in [0.717, 1.165) is 21.3 Å². The number of nitrogens with zero attached hydrogens (tertiary/aromatic N) is 1. The first kappa shape index (κ1) is 12.1. The molecule has 0 amide bonds. The summed E-state index contributed by atoms with van der Waals surface area (Å²) < 4.78 is 5.54. The molecule has 0 radical (unpaired) electrons. The van der Waals surface area contributed by atoms with Crippen LogP contribution in [0.1, 0.15) is 11.1 Å². The Labute approximate surface area is 108 Å². The van der Waals surface area contributed by atoms with E-state index in [1.807, 2.05) is 26.0 Å². The molecule has 0 N–H and O–H groups in total. The fourth-order valence-corrected chi connectivity index (χ4v) is 2.08. The number of carbonyl (C=O) groups is 2. The van der Waals surface area contributed by atoms with E-state index in [4.69, 9.17) is 0 Å². The van der Waals surface area contributed by atoms with Gasteiger partial charge in [0.25, 0.3) is 0 Å². The topological polar surface area (TPSA) is 46.6 Å². The standard InChI is InChI=1S/C12H12BrNO3/c1-7-3-9(4-8(2)12(7)13)14-5-10(15)17-11(16)6-14/h3-4H,5-6H2,1-2H3. The number of halogens is 1. The first-order valence-electron chi connectivity index (χ1n) is 5.22. The SMILES string of the molecule is Cc1cc(N2CC(=O)OC(=O)C2)cc(C)c1Br. The van der Waals surface area contributed by atoms with Gasteiger partial charge in [-0.05, 0) is 37.1 Å². The number of anilines is 1. The number of esters is 2. The highest BCUT2D eigenvalue weighted by Crippen LogP contribution is 2.27. The largest absolute Gasteiger partial charge is 0.390 e. The molecule has 1 aliphatic rings. The average Bonchev–Trinajstić information content (AvgIpc) is 2.23. The summed E-state index contributed by atoms with van der Waals surface area (Å²) in [6.45, 7) is 4.19. The van der Waals surface area contributed by atoms with Gasteiger partial charge >= 0.3 is 11.9 Å². The second-order valence-electron chi connectivity index (χ2n) is 4.10. The van der Waals surface area contributed by atoms with Crippen molar-refractivity contribution >= 4 is 33.6 Å². The zero-order chi connectivity index (χ0) is 12.6. The van der Waals surface area contributed by atoms with Crippen LogP contribution in [0, 0.1) is 13.8 Å². The maximum atomic E-state index is 11.2. The van der Waals surface area contributed by atoms with Crippen LogP contribution in [0.3, 0.4) is 0 Å². The van der Waals surface area contributed by atoms with Gasteiger partial charge in [0.2, 0.25) is 0 Å². The van der Waals surface area contributed by atoms with Gasteiger partial charge in [-0.3, -0.25) is 0 Å². The fourth-order valence-electron chi connectivity index (χ4n) is 1.85. The van der Waals surface area contributed by atoms with E-state index in [-0.39, 0.29) is 13.1 Å². The monoisotopic (exact) mass is 297 g/mol. The molecule has 0 aliphatic carbocycles. The molecule has 0 unspecified atom stereocenters. The van der Waals surface area contributed by atoms with Gasteiger partial charge in [0.15, 0.2) is 0 Å². The lowest BCUT2D eigenvalue weighted by Gasteiger charge is -2.27. The van der Waals surface area contributed by atoms with Gasteiger partial charge in [-0.1, -0.05) is 15.9 Å². The summed E-state index contributed by atoms with van der Waals surface area (Å²) in [5, 5.41) is 0. The molecule has 4 nitrogen and oxygen atoms in total. The number of ether oxygens (including phenoxy) is 1. The minimum absolute atomic E-state index is 0.117. The molecule has 0 spiro atoms. The zero-order valence-corrected chi connectivity index (χ0v) is 11.2.